The second-order valence-corrected chi connectivity index (χ2v) is 3.75. The minimum absolute atomic E-state index is 0.00385. The van der Waals surface area contributed by atoms with Gasteiger partial charge in [-0.3, -0.25) is 4.79 Å². The third-order valence-corrected chi connectivity index (χ3v) is 2.25. The van der Waals surface area contributed by atoms with Gasteiger partial charge in [-0.1, -0.05) is 27.7 Å². The summed E-state index contributed by atoms with van der Waals surface area (Å²) in [7, 11) is 3.48. The van der Waals surface area contributed by atoms with Gasteiger partial charge in [-0.15, -0.1) is 0 Å². The van der Waals surface area contributed by atoms with Crippen LogP contribution >= 0.6 is 0 Å². The molecule has 4 heteroatoms. The molecule has 1 amide bonds. The Morgan fingerprint density at radius 1 is 1.16 bits per heavy atom. The van der Waals surface area contributed by atoms with Gasteiger partial charge in [0.05, 0.1) is 11.0 Å². The molecule has 19 heavy (non-hydrogen) atoms. The number of nitrogens with one attached hydrogen (secondary N) is 1. The van der Waals surface area contributed by atoms with Crippen molar-refractivity contribution in [1.29, 1.82) is 0 Å². The van der Waals surface area contributed by atoms with Crippen molar-refractivity contribution in [2.24, 2.45) is 0 Å². The number of aromatic amines is 1. The van der Waals surface area contributed by atoms with Crippen molar-refractivity contribution >= 4 is 16.9 Å². The Hall–Kier alpha value is -1.84. The molecule has 0 fully saturated rings. The lowest BCUT2D eigenvalue weighted by Gasteiger charge is -2.09. The summed E-state index contributed by atoms with van der Waals surface area (Å²) in [6, 6.07) is 5.48. The number of fused-ring (bicyclic) bond motifs is 1. The Morgan fingerprint density at radius 2 is 1.74 bits per heavy atom. The number of aromatic nitrogens is 2. The molecule has 0 atom stereocenters. The van der Waals surface area contributed by atoms with Crippen molar-refractivity contribution in [3.8, 4) is 0 Å². The number of H-pyrrole nitrogens is 1. The van der Waals surface area contributed by atoms with E-state index in [0.717, 1.165) is 16.9 Å². The number of benzene rings is 1. The average molecular weight is 263 g/mol. The SMILES string of the molecule is CC.CC.Cc1nc2ccc(C(=O)N(C)C)cc2[nH]1. The number of hydrogen-bond acceptors (Lipinski definition) is 2. The van der Waals surface area contributed by atoms with Crippen molar-refractivity contribution in [2.75, 3.05) is 14.1 Å². The lowest BCUT2D eigenvalue weighted by atomic mass is 10.2. The number of amides is 1. The van der Waals surface area contributed by atoms with Gasteiger partial charge < -0.3 is 9.88 Å². The Kier molecular flexibility index (Phi) is 7.49. The van der Waals surface area contributed by atoms with Crippen molar-refractivity contribution < 1.29 is 4.79 Å². The van der Waals surface area contributed by atoms with E-state index in [1.165, 1.54) is 0 Å². The highest BCUT2D eigenvalue weighted by molar-refractivity contribution is 5.97. The lowest BCUT2D eigenvalue weighted by molar-refractivity contribution is 0.0828. The standard InChI is InChI=1S/C11H13N3O.2C2H6/c1-7-12-9-5-4-8(6-10(9)13-7)11(15)14(2)3;2*1-2/h4-6H,1-3H3,(H,12,13);2*1-2H3. The first kappa shape index (κ1) is 17.2. The second kappa shape index (κ2) is 8.29. The smallest absolute Gasteiger partial charge is 0.253 e. The van der Waals surface area contributed by atoms with E-state index < -0.39 is 0 Å². The number of nitrogens with zero attached hydrogens (tertiary/aromatic N) is 2. The van der Waals surface area contributed by atoms with Gasteiger partial charge in [0.1, 0.15) is 5.82 Å². The summed E-state index contributed by atoms with van der Waals surface area (Å²) in [4.78, 5) is 20.6. The van der Waals surface area contributed by atoms with Crippen LogP contribution in [0, 0.1) is 6.92 Å². The topological polar surface area (TPSA) is 49.0 Å². The molecule has 0 saturated heterocycles. The Morgan fingerprint density at radius 3 is 2.26 bits per heavy atom. The summed E-state index contributed by atoms with van der Waals surface area (Å²) in [5.41, 5.74) is 2.47. The molecule has 0 bridgehead atoms. The van der Waals surface area contributed by atoms with Crippen molar-refractivity contribution in [3.05, 3.63) is 29.6 Å². The van der Waals surface area contributed by atoms with E-state index in [4.69, 9.17) is 0 Å². The van der Waals surface area contributed by atoms with Crippen LogP contribution in [0.1, 0.15) is 43.9 Å². The summed E-state index contributed by atoms with van der Waals surface area (Å²) < 4.78 is 0. The Balaban J connectivity index is 0.000000741. The van der Waals surface area contributed by atoms with Gasteiger partial charge in [-0.05, 0) is 25.1 Å². The highest BCUT2D eigenvalue weighted by Gasteiger charge is 2.09. The monoisotopic (exact) mass is 263 g/mol. The molecule has 0 radical (unpaired) electrons. The molecule has 0 aliphatic carbocycles. The Labute approximate surface area is 115 Å². The number of aryl methyl sites for hydroxylation is 1. The first-order valence-electron chi connectivity index (χ1n) is 6.76. The number of carbonyl (C=O) groups excluding carboxylic acids is 1. The molecule has 2 rings (SSSR count). The summed E-state index contributed by atoms with van der Waals surface area (Å²) in [5, 5.41) is 0. The summed E-state index contributed by atoms with van der Waals surface area (Å²) in [5.74, 6) is 0.864. The predicted octanol–water partition coefficient (Wildman–Crippen LogP) is 3.63. The number of imidazole rings is 1. The highest BCUT2D eigenvalue weighted by atomic mass is 16.2. The maximum atomic E-state index is 11.7. The maximum Gasteiger partial charge on any atom is 0.253 e. The third-order valence-electron chi connectivity index (χ3n) is 2.25. The van der Waals surface area contributed by atoms with Crippen molar-refractivity contribution in [3.63, 3.8) is 0 Å². The molecule has 1 N–H and O–H groups in total. The second-order valence-electron chi connectivity index (χ2n) is 3.75. The molecular weight excluding hydrogens is 238 g/mol. The molecule has 0 unspecified atom stereocenters. The van der Waals surface area contributed by atoms with Crippen LogP contribution in [-0.4, -0.2) is 34.9 Å². The lowest BCUT2D eigenvalue weighted by Crippen LogP contribution is -2.21. The van der Waals surface area contributed by atoms with Gasteiger partial charge >= 0.3 is 0 Å². The summed E-state index contributed by atoms with van der Waals surface area (Å²) in [6.07, 6.45) is 0. The number of hydrogen-bond donors (Lipinski definition) is 1. The van der Waals surface area contributed by atoms with E-state index in [1.807, 2.05) is 46.8 Å². The fourth-order valence-electron chi connectivity index (χ4n) is 1.53. The third kappa shape index (κ3) is 4.39. The first-order valence-corrected chi connectivity index (χ1v) is 6.76. The maximum absolute atomic E-state index is 11.7. The molecule has 0 saturated carbocycles. The average Bonchev–Trinajstić information content (AvgIpc) is 2.81. The largest absolute Gasteiger partial charge is 0.345 e. The van der Waals surface area contributed by atoms with Crippen LogP contribution in [0.25, 0.3) is 11.0 Å². The van der Waals surface area contributed by atoms with E-state index in [-0.39, 0.29) is 5.91 Å². The molecule has 1 aromatic carbocycles. The molecule has 0 aliphatic heterocycles. The van der Waals surface area contributed by atoms with E-state index in [0.29, 0.717) is 5.56 Å². The van der Waals surface area contributed by atoms with Crippen LogP contribution in [-0.2, 0) is 0 Å². The minimum atomic E-state index is 0.00385. The van der Waals surface area contributed by atoms with Gasteiger partial charge in [0.15, 0.2) is 0 Å². The predicted molar refractivity (Wildman–Crippen MR) is 81.5 cm³/mol. The zero-order valence-electron chi connectivity index (χ0n) is 13.0. The quantitative estimate of drug-likeness (QED) is 0.854. The number of rotatable bonds is 1. The van der Waals surface area contributed by atoms with Crippen LogP contribution in [0.15, 0.2) is 18.2 Å². The van der Waals surface area contributed by atoms with Gasteiger partial charge in [0, 0.05) is 19.7 Å². The molecule has 0 aliphatic rings. The van der Waals surface area contributed by atoms with Crippen LogP contribution in [0.2, 0.25) is 0 Å². The zero-order valence-corrected chi connectivity index (χ0v) is 13.0. The molecule has 1 aromatic heterocycles. The Bertz CT molecular complexity index is 515. The van der Waals surface area contributed by atoms with Crippen molar-refractivity contribution in [2.45, 2.75) is 34.6 Å². The minimum Gasteiger partial charge on any atom is -0.345 e. The van der Waals surface area contributed by atoms with Gasteiger partial charge in [-0.25, -0.2) is 4.98 Å². The van der Waals surface area contributed by atoms with E-state index >= 15 is 0 Å². The highest BCUT2D eigenvalue weighted by Crippen LogP contribution is 2.14. The van der Waals surface area contributed by atoms with Crippen LogP contribution in [0.5, 0.6) is 0 Å². The first-order chi connectivity index (χ1) is 9.08. The van der Waals surface area contributed by atoms with Gasteiger partial charge in [-0.2, -0.15) is 0 Å². The molecule has 2 aromatic rings. The van der Waals surface area contributed by atoms with E-state index in [1.54, 1.807) is 25.1 Å². The molecular formula is C15H25N3O. The molecule has 0 spiro atoms. The van der Waals surface area contributed by atoms with Crippen LogP contribution in [0.4, 0.5) is 0 Å². The van der Waals surface area contributed by atoms with Crippen LogP contribution in [0.3, 0.4) is 0 Å². The fourth-order valence-corrected chi connectivity index (χ4v) is 1.53. The number of carbonyl (C=O) groups is 1. The zero-order chi connectivity index (χ0) is 15.0. The molecule has 1 heterocycles. The van der Waals surface area contributed by atoms with Crippen LogP contribution < -0.4 is 0 Å². The van der Waals surface area contributed by atoms with Gasteiger partial charge in [0.25, 0.3) is 5.91 Å². The summed E-state index contributed by atoms with van der Waals surface area (Å²) >= 11 is 0. The van der Waals surface area contributed by atoms with Crippen molar-refractivity contribution in [1.82, 2.24) is 14.9 Å². The fraction of sp³-hybridized carbons (Fsp3) is 0.467. The normalized spacial score (nSPS) is 9.00. The molecule has 4 nitrogen and oxygen atoms in total. The molecule has 106 valence electrons. The van der Waals surface area contributed by atoms with Gasteiger partial charge in [0.2, 0.25) is 0 Å². The van der Waals surface area contributed by atoms with E-state index in [2.05, 4.69) is 9.97 Å². The van der Waals surface area contributed by atoms with E-state index in [9.17, 15) is 4.79 Å². The summed E-state index contributed by atoms with van der Waals surface area (Å²) in [6.45, 7) is 9.90.